The standard InChI is InChI=1S/C18H25BClFN2O2/c19-8-2-1-7-18(22,17(24)25)14-5-9-23(10-6-14)12-13-3-4-16(21)15(20)11-13/h3-4,11,14H,1-2,5-10,12,22H2,(H,24,25). The Morgan fingerprint density at radius 3 is 2.64 bits per heavy atom. The third-order valence-corrected chi connectivity index (χ3v) is 5.44. The molecule has 1 fully saturated rings. The summed E-state index contributed by atoms with van der Waals surface area (Å²) in [5.41, 5.74) is 6.04. The summed E-state index contributed by atoms with van der Waals surface area (Å²) in [5, 5.41) is 9.75. The Morgan fingerprint density at radius 2 is 2.08 bits per heavy atom. The average Bonchev–Trinajstić information content (AvgIpc) is 2.59. The quantitative estimate of drug-likeness (QED) is 0.547. The first-order valence-corrected chi connectivity index (χ1v) is 9.13. The van der Waals surface area contributed by atoms with Crippen LogP contribution >= 0.6 is 11.6 Å². The summed E-state index contributed by atoms with van der Waals surface area (Å²) in [4.78, 5) is 14.0. The highest BCUT2D eigenvalue weighted by atomic mass is 35.5. The molecule has 3 N–H and O–H groups in total. The fourth-order valence-electron chi connectivity index (χ4n) is 3.55. The molecule has 1 aliphatic rings. The molecule has 0 saturated carbocycles. The highest BCUT2D eigenvalue weighted by Crippen LogP contribution is 2.32. The molecule has 1 aromatic carbocycles. The van der Waals surface area contributed by atoms with Crippen molar-refractivity contribution in [3.63, 3.8) is 0 Å². The van der Waals surface area contributed by atoms with Gasteiger partial charge in [-0.3, -0.25) is 9.69 Å². The van der Waals surface area contributed by atoms with Gasteiger partial charge in [-0.05, 0) is 56.0 Å². The highest BCUT2D eigenvalue weighted by Gasteiger charge is 2.42. The van der Waals surface area contributed by atoms with Gasteiger partial charge in [0.25, 0.3) is 0 Å². The van der Waals surface area contributed by atoms with Gasteiger partial charge in [0.2, 0.25) is 0 Å². The summed E-state index contributed by atoms with van der Waals surface area (Å²) in [6.07, 6.45) is 4.00. The van der Waals surface area contributed by atoms with Crippen molar-refractivity contribution in [2.75, 3.05) is 13.1 Å². The molecular weight excluding hydrogens is 341 g/mol. The van der Waals surface area contributed by atoms with Crippen LogP contribution in [0, 0.1) is 11.7 Å². The molecule has 0 amide bonds. The maximum atomic E-state index is 13.2. The van der Waals surface area contributed by atoms with E-state index in [1.807, 2.05) is 0 Å². The van der Waals surface area contributed by atoms with Crippen LogP contribution in [0.2, 0.25) is 11.3 Å². The van der Waals surface area contributed by atoms with E-state index in [2.05, 4.69) is 4.90 Å². The number of carbonyl (C=O) groups is 1. The monoisotopic (exact) mass is 366 g/mol. The van der Waals surface area contributed by atoms with E-state index >= 15 is 0 Å². The molecule has 25 heavy (non-hydrogen) atoms. The number of piperidine rings is 1. The highest BCUT2D eigenvalue weighted by molar-refractivity contribution is 6.30. The minimum atomic E-state index is -1.18. The molecular formula is C18H25BClFN2O2. The summed E-state index contributed by atoms with van der Waals surface area (Å²) in [6, 6.07) is 4.74. The first-order chi connectivity index (χ1) is 11.9. The Hall–Kier alpha value is -1.11. The number of carboxylic acid groups (broad SMARTS) is 1. The van der Waals surface area contributed by atoms with Gasteiger partial charge in [-0.15, -0.1) is 0 Å². The van der Waals surface area contributed by atoms with Crippen LogP contribution < -0.4 is 5.73 Å². The number of hydrogen-bond donors (Lipinski definition) is 2. The van der Waals surface area contributed by atoms with Gasteiger partial charge in [-0.1, -0.05) is 36.8 Å². The number of unbranched alkanes of at least 4 members (excludes halogenated alkanes) is 1. The molecule has 1 aliphatic heterocycles. The van der Waals surface area contributed by atoms with Crippen LogP contribution in [-0.2, 0) is 11.3 Å². The molecule has 0 aromatic heterocycles. The van der Waals surface area contributed by atoms with E-state index in [0.717, 1.165) is 44.3 Å². The largest absolute Gasteiger partial charge is 0.480 e. The van der Waals surface area contributed by atoms with E-state index in [9.17, 15) is 14.3 Å². The number of nitrogens with zero attached hydrogens (tertiary/aromatic N) is 1. The average molecular weight is 367 g/mol. The lowest BCUT2D eigenvalue weighted by atomic mass is 9.75. The Morgan fingerprint density at radius 1 is 1.40 bits per heavy atom. The number of aliphatic carboxylic acids is 1. The van der Waals surface area contributed by atoms with Crippen LogP contribution in [0.4, 0.5) is 4.39 Å². The minimum Gasteiger partial charge on any atom is -0.480 e. The SMILES string of the molecule is [B]CCCCC(N)(C(=O)O)C1CCN(Cc2ccc(F)c(Cl)c2)CC1. The third-order valence-electron chi connectivity index (χ3n) is 5.15. The molecule has 0 bridgehead atoms. The summed E-state index contributed by atoms with van der Waals surface area (Å²) >= 11 is 5.83. The molecule has 1 heterocycles. The first kappa shape index (κ1) is 20.2. The van der Waals surface area contributed by atoms with Crippen molar-refractivity contribution >= 4 is 25.4 Å². The van der Waals surface area contributed by atoms with Gasteiger partial charge < -0.3 is 10.8 Å². The van der Waals surface area contributed by atoms with Crippen molar-refractivity contribution in [2.45, 2.75) is 50.5 Å². The molecule has 1 aromatic rings. The molecule has 0 aliphatic carbocycles. The number of likely N-dealkylation sites (tertiary alicyclic amines) is 1. The maximum absolute atomic E-state index is 13.2. The van der Waals surface area contributed by atoms with Gasteiger partial charge in [0, 0.05) is 6.54 Å². The predicted octanol–water partition coefficient (Wildman–Crippen LogP) is 3.23. The van der Waals surface area contributed by atoms with Crippen molar-refractivity contribution < 1.29 is 14.3 Å². The van der Waals surface area contributed by atoms with Crippen LogP contribution in [0.1, 0.15) is 37.7 Å². The number of rotatable bonds is 8. The van der Waals surface area contributed by atoms with E-state index in [1.165, 1.54) is 6.07 Å². The maximum Gasteiger partial charge on any atom is 0.323 e. The minimum absolute atomic E-state index is 0.0455. The number of nitrogens with two attached hydrogens (primary N) is 1. The molecule has 136 valence electrons. The van der Waals surface area contributed by atoms with Gasteiger partial charge >= 0.3 is 5.97 Å². The first-order valence-electron chi connectivity index (χ1n) is 8.75. The molecule has 1 saturated heterocycles. The lowest BCUT2D eigenvalue weighted by Crippen LogP contribution is -2.56. The normalized spacial score (nSPS) is 18.8. The van der Waals surface area contributed by atoms with Gasteiger partial charge in [0.1, 0.15) is 11.4 Å². The molecule has 4 nitrogen and oxygen atoms in total. The number of hydrogen-bond acceptors (Lipinski definition) is 3. The molecule has 1 unspecified atom stereocenters. The van der Waals surface area contributed by atoms with E-state index in [0.29, 0.717) is 19.3 Å². The van der Waals surface area contributed by atoms with E-state index < -0.39 is 17.3 Å². The summed E-state index contributed by atoms with van der Waals surface area (Å²) in [7, 11) is 5.50. The summed E-state index contributed by atoms with van der Waals surface area (Å²) in [6.45, 7) is 2.20. The molecule has 1 atom stereocenters. The van der Waals surface area contributed by atoms with Crippen molar-refractivity contribution in [1.29, 1.82) is 0 Å². The van der Waals surface area contributed by atoms with Crippen LogP contribution in [-0.4, -0.2) is 42.5 Å². The van der Waals surface area contributed by atoms with Gasteiger partial charge in [-0.2, -0.15) is 0 Å². The summed E-state index contributed by atoms with van der Waals surface area (Å²) in [5.74, 6) is -1.39. The van der Waals surface area contributed by atoms with E-state index in [-0.39, 0.29) is 10.9 Å². The van der Waals surface area contributed by atoms with Crippen LogP contribution in [0.3, 0.4) is 0 Å². The Labute approximate surface area is 154 Å². The third kappa shape index (κ3) is 5.19. The van der Waals surface area contributed by atoms with Gasteiger partial charge in [-0.25, -0.2) is 4.39 Å². The Bertz CT molecular complexity index is 596. The second-order valence-electron chi connectivity index (χ2n) is 6.89. The van der Waals surface area contributed by atoms with Crippen molar-refractivity contribution in [3.8, 4) is 0 Å². The van der Waals surface area contributed by atoms with Crippen molar-refractivity contribution in [3.05, 3.63) is 34.6 Å². The van der Waals surface area contributed by atoms with E-state index in [4.69, 9.17) is 25.2 Å². The predicted molar refractivity (Wildman–Crippen MR) is 98.4 cm³/mol. The van der Waals surface area contributed by atoms with Crippen molar-refractivity contribution in [1.82, 2.24) is 4.90 Å². The Kier molecular flexibility index (Phi) is 7.29. The molecule has 7 heteroatoms. The van der Waals surface area contributed by atoms with Gasteiger partial charge in [0.15, 0.2) is 0 Å². The lowest BCUT2D eigenvalue weighted by molar-refractivity contribution is -0.147. The van der Waals surface area contributed by atoms with Crippen LogP contribution in [0.15, 0.2) is 18.2 Å². The zero-order valence-electron chi connectivity index (χ0n) is 14.4. The van der Waals surface area contributed by atoms with Gasteiger partial charge in [0.05, 0.1) is 12.9 Å². The van der Waals surface area contributed by atoms with Crippen LogP contribution in [0.25, 0.3) is 0 Å². The molecule has 2 radical (unpaired) electrons. The van der Waals surface area contributed by atoms with Crippen molar-refractivity contribution in [2.24, 2.45) is 11.7 Å². The lowest BCUT2D eigenvalue weighted by Gasteiger charge is -2.40. The zero-order chi connectivity index (χ0) is 18.4. The smallest absolute Gasteiger partial charge is 0.323 e. The second kappa shape index (κ2) is 9.01. The number of carboxylic acids is 1. The molecule has 0 spiro atoms. The van der Waals surface area contributed by atoms with E-state index in [1.54, 1.807) is 12.1 Å². The fourth-order valence-corrected chi connectivity index (χ4v) is 3.75. The fraction of sp³-hybridized carbons (Fsp3) is 0.611. The number of benzene rings is 1. The van der Waals surface area contributed by atoms with Crippen LogP contribution in [0.5, 0.6) is 0 Å². The molecule has 2 rings (SSSR count). The topological polar surface area (TPSA) is 66.6 Å². The Balaban J connectivity index is 1.92. The summed E-state index contributed by atoms with van der Waals surface area (Å²) < 4.78 is 13.2. The zero-order valence-corrected chi connectivity index (χ0v) is 15.1. The second-order valence-corrected chi connectivity index (χ2v) is 7.30. The number of halogens is 2.